The Morgan fingerprint density at radius 1 is 1.38 bits per heavy atom. The SMILES string of the molecule is CN(C(=O)CCS(C)(=O)=O)C1CCNCC1. The van der Waals surface area contributed by atoms with E-state index < -0.39 is 9.84 Å². The minimum Gasteiger partial charge on any atom is -0.343 e. The smallest absolute Gasteiger partial charge is 0.223 e. The lowest BCUT2D eigenvalue weighted by atomic mass is 10.1. The molecule has 16 heavy (non-hydrogen) atoms. The summed E-state index contributed by atoms with van der Waals surface area (Å²) in [5, 5.41) is 3.23. The van der Waals surface area contributed by atoms with Crippen molar-refractivity contribution in [1.82, 2.24) is 10.2 Å². The summed E-state index contributed by atoms with van der Waals surface area (Å²) in [7, 11) is -1.28. The molecule has 0 aliphatic carbocycles. The van der Waals surface area contributed by atoms with Crippen LogP contribution in [0.25, 0.3) is 0 Å². The highest BCUT2D eigenvalue weighted by atomic mass is 32.2. The van der Waals surface area contributed by atoms with Gasteiger partial charge in [0.05, 0.1) is 5.75 Å². The Hall–Kier alpha value is -0.620. The van der Waals surface area contributed by atoms with Gasteiger partial charge in [-0.15, -0.1) is 0 Å². The molecule has 1 saturated heterocycles. The van der Waals surface area contributed by atoms with E-state index in [4.69, 9.17) is 0 Å². The van der Waals surface area contributed by atoms with E-state index in [1.165, 1.54) is 0 Å². The van der Waals surface area contributed by atoms with E-state index in [0.717, 1.165) is 32.2 Å². The van der Waals surface area contributed by atoms with Crippen LogP contribution in [0.5, 0.6) is 0 Å². The van der Waals surface area contributed by atoms with Crippen LogP contribution in [0, 0.1) is 0 Å². The number of sulfone groups is 1. The molecule has 0 aromatic heterocycles. The third kappa shape index (κ3) is 4.49. The van der Waals surface area contributed by atoms with Gasteiger partial charge in [0.1, 0.15) is 9.84 Å². The van der Waals surface area contributed by atoms with Crippen molar-refractivity contribution < 1.29 is 13.2 Å². The van der Waals surface area contributed by atoms with Gasteiger partial charge < -0.3 is 10.2 Å². The van der Waals surface area contributed by atoms with Crippen molar-refractivity contribution in [3.05, 3.63) is 0 Å². The van der Waals surface area contributed by atoms with Crippen molar-refractivity contribution in [2.45, 2.75) is 25.3 Å². The summed E-state index contributed by atoms with van der Waals surface area (Å²) in [6, 6.07) is 0.258. The average Bonchev–Trinajstić information content (AvgIpc) is 2.25. The number of rotatable bonds is 4. The second kappa shape index (κ2) is 5.63. The van der Waals surface area contributed by atoms with Gasteiger partial charge in [-0.05, 0) is 25.9 Å². The normalized spacial score (nSPS) is 18.4. The third-order valence-corrected chi connectivity index (χ3v) is 3.88. The van der Waals surface area contributed by atoms with Gasteiger partial charge in [-0.25, -0.2) is 8.42 Å². The quantitative estimate of drug-likeness (QED) is 0.737. The lowest BCUT2D eigenvalue weighted by molar-refractivity contribution is -0.132. The fourth-order valence-electron chi connectivity index (χ4n) is 1.85. The number of piperidine rings is 1. The Morgan fingerprint density at radius 2 is 1.94 bits per heavy atom. The van der Waals surface area contributed by atoms with Crippen molar-refractivity contribution in [2.24, 2.45) is 0 Å². The molecule has 94 valence electrons. The van der Waals surface area contributed by atoms with Crippen LogP contribution in [-0.2, 0) is 14.6 Å². The predicted octanol–water partition coefficient (Wildman–Crippen LogP) is -0.368. The zero-order chi connectivity index (χ0) is 12.2. The van der Waals surface area contributed by atoms with Crippen LogP contribution < -0.4 is 5.32 Å². The molecule has 1 rings (SSSR count). The van der Waals surface area contributed by atoms with Gasteiger partial charge in [0, 0.05) is 25.8 Å². The zero-order valence-corrected chi connectivity index (χ0v) is 10.7. The molecular formula is C10H20N2O3S. The fraction of sp³-hybridized carbons (Fsp3) is 0.900. The first-order valence-corrected chi connectivity index (χ1v) is 7.60. The first kappa shape index (κ1) is 13.4. The number of hydrogen-bond donors (Lipinski definition) is 1. The van der Waals surface area contributed by atoms with Crippen molar-refractivity contribution in [3.8, 4) is 0 Å². The highest BCUT2D eigenvalue weighted by molar-refractivity contribution is 7.90. The molecule has 0 aromatic carbocycles. The van der Waals surface area contributed by atoms with Crippen molar-refractivity contribution >= 4 is 15.7 Å². The summed E-state index contributed by atoms with van der Waals surface area (Å²) in [4.78, 5) is 13.4. The van der Waals surface area contributed by atoms with E-state index in [1.54, 1.807) is 11.9 Å². The third-order valence-electron chi connectivity index (χ3n) is 2.94. The Balaban J connectivity index is 2.40. The molecule has 0 atom stereocenters. The second-order valence-electron chi connectivity index (χ2n) is 4.37. The summed E-state index contributed by atoms with van der Waals surface area (Å²) >= 11 is 0. The Bertz CT molecular complexity index is 334. The van der Waals surface area contributed by atoms with Gasteiger partial charge in [0.25, 0.3) is 0 Å². The molecule has 1 fully saturated rings. The lowest BCUT2D eigenvalue weighted by Gasteiger charge is -2.31. The van der Waals surface area contributed by atoms with Crippen LogP contribution in [0.4, 0.5) is 0 Å². The number of carbonyl (C=O) groups is 1. The van der Waals surface area contributed by atoms with Crippen molar-refractivity contribution in [1.29, 1.82) is 0 Å². The monoisotopic (exact) mass is 248 g/mol. The van der Waals surface area contributed by atoms with E-state index in [9.17, 15) is 13.2 Å². The summed E-state index contributed by atoms with van der Waals surface area (Å²) in [5.41, 5.74) is 0. The summed E-state index contributed by atoms with van der Waals surface area (Å²) in [6.45, 7) is 1.85. The Kier molecular flexibility index (Phi) is 4.73. The number of nitrogens with zero attached hydrogens (tertiary/aromatic N) is 1. The topological polar surface area (TPSA) is 66.5 Å². The van der Waals surface area contributed by atoms with E-state index in [-0.39, 0.29) is 24.1 Å². The fourth-order valence-corrected chi connectivity index (χ4v) is 2.39. The van der Waals surface area contributed by atoms with Gasteiger partial charge in [-0.2, -0.15) is 0 Å². The van der Waals surface area contributed by atoms with Gasteiger partial charge >= 0.3 is 0 Å². The minimum absolute atomic E-state index is 0.0544. The molecule has 6 heteroatoms. The highest BCUT2D eigenvalue weighted by Crippen LogP contribution is 2.11. The summed E-state index contributed by atoms with van der Waals surface area (Å²) < 4.78 is 21.9. The summed E-state index contributed by atoms with van der Waals surface area (Å²) in [6.07, 6.45) is 3.15. The van der Waals surface area contributed by atoms with Crippen LogP contribution in [0.2, 0.25) is 0 Å². The minimum atomic E-state index is -3.04. The largest absolute Gasteiger partial charge is 0.343 e. The van der Waals surface area contributed by atoms with Crippen LogP contribution in [-0.4, -0.2) is 57.4 Å². The Morgan fingerprint density at radius 3 is 2.44 bits per heavy atom. The molecule has 0 bridgehead atoms. The van der Waals surface area contributed by atoms with E-state index in [0.29, 0.717) is 0 Å². The number of nitrogens with one attached hydrogen (secondary N) is 1. The maximum absolute atomic E-state index is 11.7. The molecule has 0 aromatic rings. The van der Waals surface area contributed by atoms with Crippen LogP contribution >= 0.6 is 0 Å². The molecule has 1 heterocycles. The standard InChI is InChI=1S/C10H20N2O3S/c1-12(9-3-6-11-7-4-9)10(13)5-8-16(2,14)15/h9,11H,3-8H2,1-2H3. The lowest BCUT2D eigenvalue weighted by Crippen LogP contribution is -2.44. The average molecular weight is 248 g/mol. The van der Waals surface area contributed by atoms with Crippen LogP contribution in [0.3, 0.4) is 0 Å². The molecule has 0 unspecified atom stereocenters. The molecule has 5 nitrogen and oxygen atoms in total. The first-order valence-electron chi connectivity index (χ1n) is 5.54. The van der Waals surface area contributed by atoms with Crippen LogP contribution in [0.15, 0.2) is 0 Å². The maximum atomic E-state index is 11.7. The number of carbonyl (C=O) groups excluding carboxylic acids is 1. The highest BCUT2D eigenvalue weighted by Gasteiger charge is 2.22. The molecular weight excluding hydrogens is 228 g/mol. The van der Waals surface area contributed by atoms with Crippen LogP contribution in [0.1, 0.15) is 19.3 Å². The van der Waals surface area contributed by atoms with Crippen molar-refractivity contribution in [3.63, 3.8) is 0 Å². The number of amides is 1. The van der Waals surface area contributed by atoms with E-state index in [1.807, 2.05) is 0 Å². The van der Waals surface area contributed by atoms with Gasteiger partial charge in [-0.1, -0.05) is 0 Å². The zero-order valence-electron chi connectivity index (χ0n) is 9.90. The maximum Gasteiger partial charge on any atom is 0.223 e. The van der Waals surface area contributed by atoms with E-state index >= 15 is 0 Å². The molecule has 0 saturated carbocycles. The van der Waals surface area contributed by atoms with Gasteiger partial charge in [0.15, 0.2) is 0 Å². The molecule has 0 spiro atoms. The van der Waals surface area contributed by atoms with Gasteiger partial charge in [-0.3, -0.25) is 4.79 Å². The second-order valence-corrected chi connectivity index (χ2v) is 6.63. The number of hydrogen-bond acceptors (Lipinski definition) is 4. The molecule has 1 aliphatic rings. The molecule has 0 radical (unpaired) electrons. The molecule has 1 amide bonds. The predicted molar refractivity (Wildman–Crippen MR) is 63.0 cm³/mol. The summed E-state index contributed by atoms with van der Waals surface area (Å²) in [5.74, 6) is -0.126. The molecule has 1 N–H and O–H groups in total. The molecule has 1 aliphatic heterocycles. The van der Waals surface area contributed by atoms with Crippen molar-refractivity contribution in [2.75, 3.05) is 32.1 Å². The Labute approximate surface area is 97.1 Å². The van der Waals surface area contributed by atoms with E-state index in [2.05, 4.69) is 5.32 Å². The van der Waals surface area contributed by atoms with Gasteiger partial charge in [0.2, 0.25) is 5.91 Å². The first-order chi connectivity index (χ1) is 7.40.